The van der Waals surface area contributed by atoms with E-state index in [-0.39, 0.29) is 19.7 Å². The van der Waals surface area contributed by atoms with Crippen LogP contribution in [0.4, 0.5) is 0 Å². The maximum absolute atomic E-state index is 9.59. The van der Waals surface area contributed by atoms with Gasteiger partial charge in [-0.25, -0.2) is 4.68 Å². The Labute approximate surface area is 129 Å². The molecule has 0 aliphatic heterocycles. The summed E-state index contributed by atoms with van der Waals surface area (Å²) in [7, 11) is 0. The fraction of sp³-hybridized carbons (Fsp3) is 0.467. The third-order valence-electron chi connectivity index (χ3n) is 3.31. The Balaban J connectivity index is 2.18. The van der Waals surface area contributed by atoms with Crippen molar-refractivity contribution in [3.63, 3.8) is 0 Å². The van der Waals surface area contributed by atoms with Crippen LogP contribution >= 0.6 is 0 Å². The molecule has 4 N–H and O–H groups in total. The van der Waals surface area contributed by atoms with Crippen molar-refractivity contribution in [3.8, 4) is 5.75 Å². The molecule has 1 heterocycles. The van der Waals surface area contributed by atoms with Gasteiger partial charge < -0.3 is 20.7 Å². The zero-order valence-corrected chi connectivity index (χ0v) is 12.6. The summed E-state index contributed by atoms with van der Waals surface area (Å²) in [5.74, 6) is 0.827. The molecule has 1 aromatic carbocycles. The predicted octanol–water partition coefficient (Wildman–Crippen LogP) is 0.0795. The molecule has 7 nitrogen and oxygen atoms in total. The minimum atomic E-state index is -0.869. The first-order valence-electron chi connectivity index (χ1n) is 7.29. The van der Waals surface area contributed by atoms with E-state index in [0.717, 1.165) is 17.0 Å². The Bertz CT molecular complexity index is 583. The lowest BCUT2D eigenvalue weighted by Crippen LogP contribution is -2.22. The first kappa shape index (κ1) is 16.4. The number of rotatable bonds is 8. The average molecular weight is 306 g/mol. The molecule has 0 spiro atoms. The van der Waals surface area contributed by atoms with Crippen molar-refractivity contribution in [3.05, 3.63) is 41.2 Å². The third kappa shape index (κ3) is 4.03. The van der Waals surface area contributed by atoms with E-state index in [0.29, 0.717) is 18.7 Å². The van der Waals surface area contributed by atoms with Gasteiger partial charge in [0.1, 0.15) is 5.75 Å². The SMILES string of the molecule is CCOc1ccc(Cc2c(CN)nnn2CC(O)CO)cc1. The van der Waals surface area contributed by atoms with E-state index in [9.17, 15) is 5.11 Å². The van der Waals surface area contributed by atoms with E-state index in [1.165, 1.54) is 0 Å². The highest BCUT2D eigenvalue weighted by atomic mass is 16.5. The molecule has 1 unspecified atom stereocenters. The first-order valence-corrected chi connectivity index (χ1v) is 7.29. The van der Waals surface area contributed by atoms with E-state index in [1.807, 2.05) is 31.2 Å². The van der Waals surface area contributed by atoms with Crippen molar-refractivity contribution in [2.75, 3.05) is 13.2 Å². The summed E-state index contributed by atoms with van der Waals surface area (Å²) < 4.78 is 7.02. The van der Waals surface area contributed by atoms with Crippen LogP contribution in [0.2, 0.25) is 0 Å². The summed E-state index contributed by atoms with van der Waals surface area (Å²) in [5, 5.41) is 26.6. The highest BCUT2D eigenvalue weighted by Gasteiger charge is 2.15. The zero-order valence-electron chi connectivity index (χ0n) is 12.6. The van der Waals surface area contributed by atoms with Gasteiger partial charge in [0, 0.05) is 13.0 Å². The monoisotopic (exact) mass is 306 g/mol. The second-order valence-electron chi connectivity index (χ2n) is 4.96. The number of nitrogens with two attached hydrogens (primary N) is 1. The Kier molecular flexibility index (Phi) is 5.88. The minimum Gasteiger partial charge on any atom is -0.494 e. The topological polar surface area (TPSA) is 106 Å². The maximum atomic E-state index is 9.59. The summed E-state index contributed by atoms with van der Waals surface area (Å²) >= 11 is 0. The fourth-order valence-corrected chi connectivity index (χ4v) is 2.19. The van der Waals surface area contributed by atoms with E-state index in [2.05, 4.69) is 10.3 Å². The van der Waals surface area contributed by atoms with Crippen molar-refractivity contribution in [2.45, 2.75) is 32.5 Å². The van der Waals surface area contributed by atoms with E-state index >= 15 is 0 Å². The van der Waals surface area contributed by atoms with Crippen LogP contribution in [-0.4, -0.2) is 44.5 Å². The second kappa shape index (κ2) is 7.88. The fourth-order valence-electron chi connectivity index (χ4n) is 2.19. The highest BCUT2D eigenvalue weighted by Crippen LogP contribution is 2.17. The molecule has 7 heteroatoms. The number of ether oxygens (including phenoxy) is 1. The Morgan fingerprint density at radius 2 is 2.05 bits per heavy atom. The summed E-state index contributed by atoms with van der Waals surface area (Å²) in [5.41, 5.74) is 8.31. The van der Waals surface area contributed by atoms with E-state index in [4.69, 9.17) is 15.6 Å². The van der Waals surface area contributed by atoms with Crippen LogP contribution in [0.1, 0.15) is 23.9 Å². The number of aromatic nitrogens is 3. The standard InChI is InChI=1S/C15H22N4O3/c1-2-22-13-5-3-11(4-6-13)7-15-14(8-16)17-18-19(15)9-12(21)10-20/h3-6,12,20-21H,2,7-10,16H2,1H3. The lowest BCUT2D eigenvalue weighted by atomic mass is 10.1. The van der Waals surface area contributed by atoms with Crippen molar-refractivity contribution in [2.24, 2.45) is 5.73 Å². The second-order valence-corrected chi connectivity index (χ2v) is 4.96. The lowest BCUT2D eigenvalue weighted by Gasteiger charge is -2.11. The Hall–Kier alpha value is -1.96. The number of nitrogens with zero attached hydrogens (tertiary/aromatic N) is 3. The van der Waals surface area contributed by atoms with Crippen molar-refractivity contribution in [1.29, 1.82) is 0 Å². The van der Waals surface area contributed by atoms with Crippen molar-refractivity contribution >= 4 is 0 Å². The molecule has 0 amide bonds. The molecule has 0 aliphatic rings. The van der Waals surface area contributed by atoms with Crippen molar-refractivity contribution < 1.29 is 14.9 Å². The Morgan fingerprint density at radius 1 is 1.32 bits per heavy atom. The van der Waals surface area contributed by atoms with E-state index in [1.54, 1.807) is 4.68 Å². The summed E-state index contributed by atoms with van der Waals surface area (Å²) in [6.45, 7) is 2.72. The molecule has 1 atom stereocenters. The molecule has 0 radical (unpaired) electrons. The molecule has 2 rings (SSSR count). The summed E-state index contributed by atoms with van der Waals surface area (Å²) in [6.07, 6.45) is -0.268. The lowest BCUT2D eigenvalue weighted by molar-refractivity contribution is 0.0771. The van der Waals surface area contributed by atoms with Gasteiger partial charge in [-0.2, -0.15) is 0 Å². The quantitative estimate of drug-likeness (QED) is 0.637. The molecule has 22 heavy (non-hydrogen) atoms. The van der Waals surface area contributed by atoms with E-state index < -0.39 is 6.10 Å². The third-order valence-corrected chi connectivity index (χ3v) is 3.31. The van der Waals surface area contributed by atoms with Crippen LogP contribution < -0.4 is 10.5 Å². The summed E-state index contributed by atoms with van der Waals surface area (Å²) in [6, 6.07) is 7.78. The molecule has 0 fully saturated rings. The molecule has 1 aromatic heterocycles. The number of aliphatic hydroxyl groups is 2. The number of hydrogen-bond acceptors (Lipinski definition) is 6. The molecule has 0 saturated heterocycles. The smallest absolute Gasteiger partial charge is 0.119 e. The minimum absolute atomic E-state index is 0.190. The molecule has 0 saturated carbocycles. The highest BCUT2D eigenvalue weighted by molar-refractivity contribution is 5.30. The largest absolute Gasteiger partial charge is 0.494 e. The van der Waals surface area contributed by atoms with Gasteiger partial charge in [0.15, 0.2) is 0 Å². The maximum Gasteiger partial charge on any atom is 0.119 e. The Morgan fingerprint density at radius 3 is 2.64 bits per heavy atom. The van der Waals surface area contributed by atoms with Crippen LogP contribution in [0.3, 0.4) is 0 Å². The van der Waals surface area contributed by atoms with Gasteiger partial charge in [0.2, 0.25) is 0 Å². The molecule has 120 valence electrons. The molecule has 0 bridgehead atoms. The number of benzene rings is 1. The molecular weight excluding hydrogens is 284 g/mol. The van der Waals surface area contributed by atoms with Crippen LogP contribution in [0.15, 0.2) is 24.3 Å². The van der Waals surface area contributed by atoms with Gasteiger partial charge in [0.05, 0.1) is 37.3 Å². The van der Waals surface area contributed by atoms with Crippen molar-refractivity contribution in [1.82, 2.24) is 15.0 Å². The normalized spacial score (nSPS) is 12.4. The first-order chi connectivity index (χ1) is 10.7. The average Bonchev–Trinajstić information content (AvgIpc) is 2.91. The molecule has 2 aromatic rings. The van der Waals surface area contributed by atoms with Gasteiger partial charge in [-0.05, 0) is 24.6 Å². The molecular formula is C15H22N4O3. The van der Waals surface area contributed by atoms with Gasteiger partial charge in [-0.3, -0.25) is 0 Å². The predicted molar refractivity (Wildman–Crippen MR) is 81.4 cm³/mol. The number of hydrogen-bond donors (Lipinski definition) is 3. The van der Waals surface area contributed by atoms with Gasteiger partial charge in [-0.1, -0.05) is 17.3 Å². The number of aliphatic hydroxyl groups excluding tert-OH is 2. The van der Waals surface area contributed by atoms with Crippen LogP contribution in [0.25, 0.3) is 0 Å². The molecule has 0 aliphatic carbocycles. The van der Waals surface area contributed by atoms with Gasteiger partial charge in [0.25, 0.3) is 0 Å². The van der Waals surface area contributed by atoms with Crippen LogP contribution in [0.5, 0.6) is 5.75 Å². The van der Waals surface area contributed by atoms with Crippen LogP contribution in [-0.2, 0) is 19.5 Å². The summed E-state index contributed by atoms with van der Waals surface area (Å²) in [4.78, 5) is 0. The van der Waals surface area contributed by atoms with Crippen LogP contribution in [0, 0.1) is 0 Å². The van der Waals surface area contributed by atoms with Gasteiger partial charge >= 0.3 is 0 Å². The zero-order chi connectivity index (χ0) is 15.9. The van der Waals surface area contributed by atoms with Gasteiger partial charge in [-0.15, -0.1) is 5.10 Å².